The zero-order valence-electron chi connectivity index (χ0n) is 14.6. The lowest BCUT2D eigenvalue weighted by atomic mass is 10.3. The average Bonchev–Trinajstić information content (AvgIpc) is 2.60. The number of piperazine rings is 1. The molecule has 0 saturated carbocycles. The molecule has 0 radical (unpaired) electrons. The van der Waals surface area contributed by atoms with Gasteiger partial charge in [0.1, 0.15) is 10.9 Å². The molecule has 1 aliphatic rings. The Kier molecular flexibility index (Phi) is 5.69. The van der Waals surface area contributed by atoms with Crippen LogP contribution in [0.15, 0.2) is 35.2 Å². The fraction of sp³-hybridized carbons (Fsp3) is 0.375. The molecule has 3 rings (SSSR count). The Hall–Kier alpha value is -2.11. The molecule has 0 amide bonds. The molecule has 0 spiro atoms. The predicted molar refractivity (Wildman–Crippen MR) is 95.9 cm³/mol. The van der Waals surface area contributed by atoms with Crippen LogP contribution in [0.2, 0.25) is 5.15 Å². The zero-order valence-corrected chi connectivity index (χ0v) is 16.2. The summed E-state index contributed by atoms with van der Waals surface area (Å²) >= 11 is 5.94. The summed E-state index contributed by atoms with van der Waals surface area (Å²) in [5.41, 5.74) is 0.700. The number of aromatic nitrogens is 2. The molecule has 12 heteroatoms. The molecule has 2 aromatic rings. The third kappa shape index (κ3) is 4.83. The number of sulfonamides is 1. The van der Waals surface area contributed by atoms with Gasteiger partial charge in [-0.1, -0.05) is 11.6 Å². The lowest BCUT2D eigenvalue weighted by Crippen LogP contribution is -2.49. The number of hydrogen-bond donors (Lipinski definition) is 0. The Morgan fingerprint density at radius 2 is 1.68 bits per heavy atom. The minimum Gasteiger partial charge on any atom is -0.406 e. The molecule has 0 unspecified atom stereocenters. The van der Waals surface area contributed by atoms with Crippen LogP contribution in [0.5, 0.6) is 5.75 Å². The van der Waals surface area contributed by atoms with Gasteiger partial charge in [0.15, 0.2) is 0 Å². The van der Waals surface area contributed by atoms with Crippen molar-refractivity contribution in [3.05, 3.63) is 41.2 Å². The van der Waals surface area contributed by atoms with E-state index in [2.05, 4.69) is 14.7 Å². The van der Waals surface area contributed by atoms with E-state index in [1.54, 1.807) is 13.0 Å². The fourth-order valence-electron chi connectivity index (χ4n) is 2.75. The van der Waals surface area contributed by atoms with E-state index in [0.717, 1.165) is 24.3 Å². The molecule has 0 atom stereocenters. The minimum atomic E-state index is -4.84. The van der Waals surface area contributed by atoms with Crippen molar-refractivity contribution in [3.63, 3.8) is 0 Å². The van der Waals surface area contributed by atoms with Gasteiger partial charge in [-0.3, -0.25) is 0 Å². The van der Waals surface area contributed by atoms with Crippen molar-refractivity contribution in [1.82, 2.24) is 14.3 Å². The molecule has 1 aromatic heterocycles. The maximum Gasteiger partial charge on any atom is 0.573 e. The van der Waals surface area contributed by atoms with E-state index in [1.807, 2.05) is 4.90 Å². The summed E-state index contributed by atoms with van der Waals surface area (Å²) < 4.78 is 67.1. The third-order valence-electron chi connectivity index (χ3n) is 4.03. The summed E-state index contributed by atoms with van der Waals surface area (Å²) in [6, 6.07) is 5.74. The van der Waals surface area contributed by atoms with Crippen molar-refractivity contribution in [2.75, 3.05) is 31.1 Å². The molecule has 1 aromatic carbocycles. The molecule has 28 heavy (non-hydrogen) atoms. The number of anilines is 1. The van der Waals surface area contributed by atoms with Crippen molar-refractivity contribution in [2.45, 2.75) is 18.2 Å². The Labute approximate surface area is 164 Å². The maximum absolute atomic E-state index is 12.7. The molecule has 0 N–H and O–H groups in total. The molecule has 1 fully saturated rings. The minimum absolute atomic E-state index is 0.106. The molecule has 0 bridgehead atoms. The van der Waals surface area contributed by atoms with Gasteiger partial charge >= 0.3 is 6.36 Å². The highest BCUT2D eigenvalue weighted by molar-refractivity contribution is 7.89. The van der Waals surface area contributed by atoms with Crippen molar-refractivity contribution in [3.8, 4) is 5.75 Å². The number of nitrogens with zero attached hydrogens (tertiary/aromatic N) is 4. The van der Waals surface area contributed by atoms with E-state index >= 15 is 0 Å². The number of benzene rings is 1. The quantitative estimate of drug-likeness (QED) is 0.686. The summed E-state index contributed by atoms with van der Waals surface area (Å²) in [4.78, 5) is 10.2. The standard InChI is InChI=1S/C16H16ClF3N4O3S/c1-11-10-14(17)22-15(21-11)23-6-8-24(9-7-23)28(25,26)13-4-2-12(3-5-13)27-16(18,19)20/h2-5,10H,6-9H2,1H3. The number of aryl methyl sites for hydroxylation is 1. The van der Waals surface area contributed by atoms with Crippen LogP contribution in [0, 0.1) is 6.92 Å². The zero-order chi connectivity index (χ0) is 20.5. The van der Waals surface area contributed by atoms with E-state index in [4.69, 9.17) is 11.6 Å². The Balaban J connectivity index is 1.69. The SMILES string of the molecule is Cc1cc(Cl)nc(N2CCN(S(=O)(=O)c3ccc(OC(F)(F)F)cc3)CC2)n1. The fourth-order valence-corrected chi connectivity index (χ4v) is 4.40. The van der Waals surface area contributed by atoms with E-state index in [9.17, 15) is 21.6 Å². The smallest absolute Gasteiger partial charge is 0.406 e. The van der Waals surface area contributed by atoms with Gasteiger partial charge in [0, 0.05) is 31.9 Å². The van der Waals surface area contributed by atoms with Crippen LogP contribution >= 0.6 is 11.6 Å². The van der Waals surface area contributed by atoms with Crippen LogP contribution in [0.3, 0.4) is 0 Å². The summed E-state index contributed by atoms with van der Waals surface area (Å²) in [6.45, 7) is 2.85. The Morgan fingerprint density at radius 3 is 2.21 bits per heavy atom. The monoisotopic (exact) mass is 436 g/mol. The van der Waals surface area contributed by atoms with Crippen molar-refractivity contribution in [1.29, 1.82) is 0 Å². The van der Waals surface area contributed by atoms with Crippen LogP contribution < -0.4 is 9.64 Å². The van der Waals surface area contributed by atoms with E-state index in [-0.39, 0.29) is 18.0 Å². The first-order valence-corrected chi connectivity index (χ1v) is 9.98. The summed E-state index contributed by atoms with van der Waals surface area (Å²) in [5.74, 6) is -0.0551. The van der Waals surface area contributed by atoms with Crippen LogP contribution in [-0.2, 0) is 10.0 Å². The molecule has 7 nitrogen and oxygen atoms in total. The van der Waals surface area contributed by atoms with Crippen LogP contribution in [0.1, 0.15) is 5.69 Å². The number of rotatable bonds is 4. The topological polar surface area (TPSA) is 75.6 Å². The first-order chi connectivity index (χ1) is 13.0. The average molecular weight is 437 g/mol. The highest BCUT2D eigenvalue weighted by Crippen LogP contribution is 2.26. The number of ether oxygens (including phenoxy) is 1. The van der Waals surface area contributed by atoms with Gasteiger partial charge < -0.3 is 9.64 Å². The molecule has 152 valence electrons. The second kappa shape index (κ2) is 7.72. The molecule has 1 aliphatic heterocycles. The molecular formula is C16H16ClF3N4O3S. The number of alkyl halides is 3. The van der Waals surface area contributed by atoms with Crippen molar-refractivity contribution < 1.29 is 26.3 Å². The molecule has 0 aliphatic carbocycles. The number of hydrogen-bond acceptors (Lipinski definition) is 6. The Morgan fingerprint density at radius 1 is 1.07 bits per heavy atom. The first kappa shape index (κ1) is 20.6. The largest absolute Gasteiger partial charge is 0.573 e. The summed E-state index contributed by atoms with van der Waals surface area (Å²) in [7, 11) is -3.84. The van der Waals surface area contributed by atoms with Crippen molar-refractivity contribution in [2.24, 2.45) is 0 Å². The van der Waals surface area contributed by atoms with Gasteiger partial charge in [0.25, 0.3) is 0 Å². The van der Waals surface area contributed by atoms with Crippen LogP contribution in [0.25, 0.3) is 0 Å². The van der Waals surface area contributed by atoms with Gasteiger partial charge in [0.05, 0.1) is 4.90 Å². The predicted octanol–water partition coefficient (Wildman–Crippen LogP) is 2.85. The second-order valence-corrected chi connectivity index (χ2v) is 8.37. The van der Waals surface area contributed by atoms with Gasteiger partial charge in [-0.2, -0.15) is 4.31 Å². The van der Waals surface area contributed by atoms with Gasteiger partial charge in [0.2, 0.25) is 16.0 Å². The summed E-state index contributed by atoms with van der Waals surface area (Å²) in [5, 5.41) is 0.304. The first-order valence-electron chi connectivity index (χ1n) is 8.17. The lowest BCUT2D eigenvalue weighted by Gasteiger charge is -2.34. The van der Waals surface area contributed by atoms with E-state index in [0.29, 0.717) is 29.9 Å². The number of halogens is 4. The highest BCUT2D eigenvalue weighted by Gasteiger charge is 2.32. The van der Waals surface area contributed by atoms with E-state index in [1.165, 1.54) is 4.31 Å². The third-order valence-corrected chi connectivity index (χ3v) is 6.13. The van der Waals surface area contributed by atoms with E-state index < -0.39 is 22.1 Å². The van der Waals surface area contributed by atoms with Gasteiger partial charge in [-0.25, -0.2) is 18.4 Å². The Bertz CT molecular complexity index is 926. The van der Waals surface area contributed by atoms with Gasteiger partial charge in [-0.05, 0) is 37.3 Å². The van der Waals surface area contributed by atoms with Crippen molar-refractivity contribution >= 4 is 27.6 Å². The summed E-state index contributed by atoms with van der Waals surface area (Å²) in [6.07, 6.45) is -4.84. The lowest BCUT2D eigenvalue weighted by molar-refractivity contribution is -0.274. The second-order valence-electron chi connectivity index (χ2n) is 6.04. The van der Waals surface area contributed by atoms with Crippen LogP contribution in [0.4, 0.5) is 19.1 Å². The molecular weight excluding hydrogens is 421 g/mol. The molecule has 1 saturated heterocycles. The highest BCUT2D eigenvalue weighted by atomic mass is 35.5. The molecule has 2 heterocycles. The maximum atomic E-state index is 12.7. The van der Waals surface area contributed by atoms with Gasteiger partial charge in [-0.15, -0.1) is 13.2 Å². The normalized spacial score (nSPS) is 16.2. The van der Waals surface area contributed by atoms with Crippen LogP contribution in [-0.4, -0.2) is 55.2 Å².